The van der Waals surface area contributed by atoms with E-state index in [1.165, 1.54) is 5.56 Å². The van der Waals surface area contributed by atoms with Crippen LogP contribution in [0.4, 0.5) is 0 Å². The van der Waals surface area contributed by atoms with Gasteiger partial charge in [-0.1, -0.05) is 18.2 Å². The molecular formula is C25H36IN3O4. The van der Waals surface area contributed by atoms with E-state index >= 15 is 0 Å². The second kappa shape index (κ2) is 14.1. The van der Waals surface area contributed by atoms with Crippen molar-refractivity contribution in [2.75, 3.05) is 40.5 Å². The summed E-state index contributed by atoms with van der Waals surface area (Å²) in [7, 11) is 3.41. The molecule has 2 aromatic carbocycles. The molecule has 0 saturated carbocycles. The third-order valence-corrected chi connectivity index (χ3v) is 5.33. The number of methoxy groups -OCH3 is 1. The Hall–Kier alpha value is -2.20. The standard InChI is InChI=1S/C25H35N3O4.HI/c1-18-8-9-21(24(12-18)31-17-20-10-11-30-16-20)15-28-25(26-3)27-14-19(2)32-23-7-5-6-22(13-23)29-4;/h5-9,12-13,19-20H,10-11,14-17H2,1-4H3,(H2,26,27,28);1H. The summed E-state index contributed by atoms with van der Waals surface area (Å²) in [5.74, 6) is 3.64. The van der Waals surface area contributed by atoms with Crippen LogP contribution in [0.3, 0.4) is 0 Å². The molecule has 182 valence electrons. The summed E-state index contributed by atoms with van der Waals surface area (Å²) in [4.78, 5) is 4.33. The van der Waals surface area contributed by atoms with Crippen molar-refractivity contribution in [3.05, 3.63) is 53.6 Å². The van der Waals surface area contributed by atoms with Crippen molar-refractivity contribution < 1.29 is 18.9 Å². The summed E-state index contributed by atoms with van der Waals surface area (Å²) >= 11 is 0. The first kappa shape index (κ1) is 27.0. The molecule has 1 heterocycles. The SMILES string of the molecule is CN=C(NCc1ccc(C)cc1OCC1CCOC1)NCC(C)Oc1cccc(OC)c1.I. The largest absolute Gasteiger partial charge is 0.497 e. The van der Waals surface area contributed by atoms with E-state index in [1.54, 1.807) is 14.2 Å². The number of hydrogen-bond donors (Lipinski definition) is 2. The molecule has 0 aliphatic carbocycles. The molecule has 0 bridgehead atoms. The molecule has 1 aliphatic rings. The number of nitrogens with zero attached hydrogens (tertiary/aromatic N) is 1. The van der Waals surface area contributed by atoms with E-state index in [9.17, 15) is 0 Å². The maximum absolute atomic E-state index is 6.14. The lowest BCUT2D eigenvalue weighted by Gasteiger charge is -2.19. The van der Waals surface area contributed by atoms with Crippen LogP contribution in [0.5, 0.6) is 17.2 Å². The average molecular weight is 569 g/mol. The van der Waals surface area contributed by atoms with Gasteiger partial charge in [-0.15, -0.1) is 24.0 Å². The summed E-state index contributed by atoms with van der Waals surface area (Å²) in [6.07, 6.45) is 1.01. The van der Waals surface area contributed by atoms with E-state index in [0.717, 1.165) is 42.4 Å². The van der Waals surface area contributed by atoms with E-state index in [4.69, 9.17) is 18.9 Å². The van der Waals surface area contributed by atoms with E-state index < -0.39 is 0 Å². The zero-order valence-corrected chi connectivity index (χ0v) is 22.3. The van der Waals surface area contributed by atoms with Crippen LogP contribution in [0.15, 0.2) is 47.5 Å². The minimum Gasteiger partial charge on any atom is -0.497 e. The smallest absolute Gasteiger partial charge is 0.191 e. The zero-order valence-electron chi connectivity index (χ0n) is 19.9. The number of benzene rings is 2. The Kier molecular flexibility index (Phi) is 11.6. The number of guanidine groups is 1. The van der Waals surface area contributed by atoms with Gasteiger partial charge in [-0.3, -0.25) is 4.99 Å². The number of halogens is 1. The van der Waals surface area contributed by atoms with Gasteiger partial charge in [0, 0.05) is 37.7 Å². The van der Waals surface area contributed by atoms with Gasteiger partial charge >= 0.3 is 0 Å². The first-order valence-corrected chi connectivity index (χ1v) is 11.1. The van der Waals surface area contributed by atoms with Gasteiger partial charge in [0.15, 0.2) is 5.96 Å². The molecular weight excluding hydrogens is 533 g/mol. The predicted octanol–water partition coefficient (Wildman–Crippen LogP) is 4.17. The van der Waals surface area contributed by atoms with E-state index in [-0.39, 0.29) is 30.1 Å². The van der Waals surface area contributed by atoms with Crippen LogP contribution in [0.25, 0.3) is 0 Å². The summed E-state index contributed by atoms with van der Waals surface area (Å²) in [5.41, 5.74) is 2.27. The highest BCUT2D eigenvalue weighted by molar-refractivity contribution is 14.0. The van der Waals surface area contributed by atoms with Gasteiger partial charge in [-0.05, 0) is 44.0 Å². The lowest BCUT2D eigenvalue weighted by molar-refractivity contribution is 0.166. The summed E-state index contributed by atoms with van der Waals surface area (Å²) in [6, 6.07) is 13.9. The third-order valence-electron chi connectivity index (χ3n) is 5.33. The highest BCUT2D eigenvalue weighted by Gasteiger charge is 2.17. The van der Waals surface area contributed by atoms with Crippen LogP contribution < -0.4 is 24.8 Å². The Balaban J connectivity index is 0.00000385. The maximum atomic E-state index is 6.14. The van der Waals surface area contributed by atoms with Crippen LogP contribution in [0.2, 0.25) is 0 Å². The average Bonchev–Trinajstić information content (AvgIpc) is 3.32. The number of rotatable bonds is 10. The van der Waals surface area contributed by atoms with E-state index in [0.29, 0.717) is 31.6 Å². The van der Waals surface area contributed by atoms with Gasteiger partial charge in [0.2, 0.25) is 0 Å². The quantitative estimate of drug-likeness (QED) is 0.254. The molecule has 0 radical (unpaired) electrons. The fourth-order valence-electron chi connectivity index (χ4n) is 3.45. The molecule has 2 atom stereocenters. The molecule has 1 saturated heterocycles. The summed E-state index contributed by atoms with van der Waals surface area (Å²) < 4.78 is 22.8. The molecule has 0 spiro atoms. The predicted molar refractivity (Wildman–Crippen MR) is 142 cm³/mol. The number of aryl methyl sites for hydroxylation is 1. The maximum Gasteiger partial charge on any atom is 0.191 e. The van der Waals surface area contributed by atoms with Crippen molar-refractivity contribution in [3.63, 3.8) is 0 Å². The normalized spacial score (nSPS) is 16.5. The van der Waals surface area contributed by atoms with Crippen molar-refractivity contribution in [1.29, 1.82) is 0 Å². The lowest BCUT2D eigenvalue weighted by Crippen LogP contribution is -2.41. The number of ether oxygens (including phenoxy) is 4. The molecule has 33 heavy (non-hydrogen) atoms. The molecule has 2 N–H and O–H groups in total. The number of aliphatic imine (C=N–C) groups is 1. The molecule has 0 aromatic heterocycles. The Morgan fingerprint density at radius 3 is 2.73 bits per heavy atom. The van der Waals surface area contributed by atoms with Crippen molar-refractivity contribution in [2.24, 2.45) is 10.9 Å². The molecule has 1 aliphatic heterocycles. The molecule has 7 nitrogen and oxygen atoms in total. The fraction of sp³-hybridized carbons (Fsp3) is 0.480. The molecule has 2 unspecified atom stereocenters. The summed E-state index contributed by atoms with van der Waals surface area (Å²) in [6.45, 7) is 7.61. The summed E-state index contributed by atoms with van der Waals surface area (Å²) in [5, 5.41) is 6.69. The Morgan fingerprint density at radius 2 is 2.00 bits per heavy atom. The minimum atomic E-state index is -0.0486. The molecule has 0 amide bonds. The van der Waals surface area contributed by atoms with Gasteiger partial charge in [0.05, 0.1) is 26.9 Å². The Labute approximate surface area is 214 Å². The first-order valence-electron chi connectivity index (χ1n) is 11.1. The van der Waals surface area contributed by atoms with Crippen molar-refractivity contribution in [2.45, 2.75) is 32.9 Å². The topological polar surface area (TPSA) is 73.3 Å². The van der Waals surface area contributed by atoms with Crippen molar-refractivity contribution in [3.8, 4) is 17.2 Å². The minimum absolute atomic E-state index is 0. The van der Waals surface area contributed by atoms with Crippen molar-refractivity contribution in [1.82, 2.24) is 10.6 Å². The van der Waals surface area contributed by atoms with Gasteiger partial charge in [-0.25, -0.2) is 0 Å². The zero-order chi connectivity index (χ0) is 22.8. The second-order valence-electron chi connectivity index (χ2n) is 8.07. The van der Waals surface area contributed by atoms with Gasteiger partial charge in [0.1, 0.15) is 23.4 Å². The van der Waals surface area contributed by atoms with Gasteiger partial charge in [-0.2, -0.15) is 0 Å². The van der Waals surface area contributed by atoms with Gasteiger partial charge in [0.25, 0.3) is 0 Å². The molecule has 1 fully saturated rings. The highest BCUT2D eigenvalue weighted by Crippen LogP contribution is 2.23. The van der Waals surface area contributed by atoms with Gasteiger partial charge < -0.3 is 29.6 Å². The van der Waals surface area contributed by atoms with Crippen molar-refractivity contribution >= 4 is 29.9 Å². The molecule has 8 heteroatoms. The first-order chi connectivity index (χ1) is 15.6. The van der Waals surface area contributed by atoms with Crippen LogP contribution >= 0.6 is 24.0 Å². The van der Waals surface area contributed by atoms with E-state index in [2.05, 4.69) is 40.7 Å². The number of hydrogen-bond acceptors (Lipinski definition) is 5. The van der Waals surface area contributed by atoms with Crippen LogP contribution in [0.1, 0.15) is 24.5 Å². The number of nitrogens with one attached hydrogen (secondary N) is 2. The monoisotopic (exact) mass is 569 g/mol. The molecule has 2 aromatic rings. The van der Waals surface area contributed by atoms with Crippen LogP contribution in [-0.4, -0.2) is 52.6 Å². The third kappa shape index (κ3) is 8.92. The van der Waals surface area contributed by atoms with Crippen LogP contribution in [-0.2, 0) is 11.3 Å². The lowest BCUT2D eigenvalue weighted by atomic mass is 10.1. The molecule has 3 rings (SSSR count). The highest BCUT2D eigenvalue weighted by atomic mass is 127. The van der Waals surface area contributed by atoms with E-state index in [1.807, 2.05) is 31.2 Å². The fourth-order valence-corrected chi connectivity index (χ4v) is 3.45. The Morgan fingerprint density at radius 1 is 1.18 bits per heavy atom. The second-order valence-corrected chi connectivity index (χ2v) is 8.07. The Bertz CT molecular complexity index is 888. The van der Waals surface area contributed by atoms with Crippen LogP contribution in [0, 0.1) is 12.8 Å².